The molecule has 0 radical (unpaired) electrons. The summed E-state index contributed by atoms with van der Waals surface area (Å²) in [6.45, 7) is 3.74. The van der Waals surface area contributed by atoms with Crippen LogP contribution < -0.4 is 20.3 Å². The van der Waals surface area contributed by atoms with E-state index in [4.69, 9.17) is 0 Å². The molecule has 0 spiro atoms. The number of rotatable bonds is 7. The standard InChI is InChI=1S/C23H27N5O5/c29-21(25-20(13-22(30)31)17-2-1-8-28(33)14-17)15-27-9-5-16-3-4-18(12-19(16)23(27)32)26-10-6-24-7-11-26/h1-4,8,12,14,20,24H,5-7,9-11,13,15H2,(H,25,29)(H,30,31). The fourth-order valence-corrected chi connectivity index (χ4v) is 4.30. The van der Waals surface area contributed by atoms with Gasteiger partial charge in [-0.25, -0.2) is 0 Å². The minimum atomic E-state index is -1.11. The average molecular weight is 453 g/mol. The van der Waals surface area contributed by atoms with Crippen molar-refractivity contribution in [2.75, 3.05) is 44.2 Å². The van der Waals surface area contributed by atoms with Crippen LogP contribution >= 0.6 is 0 Å². The van der Waals surface area contributed by atoms with E-state index in [1.54, 1.807) is 6.07 Å². The summed E-state index contributed by atoms with van der Waals surface area (Å²) in [7, 11) is 0. The molecule has 3 heterocycles. The number of piperazine rings is 1. The molecular weight excluding hydrogens is 426 g/mol. The van der Waals surface area contributed by atoms with Gasteiger partial charge in [0.05, 0.1) is 19.0 Å². The quantitative estimate of drug-likeness (QED) is 0.399. The van der Waals surface area contributed by atoms with Gasteiger partial charge in [-0.05, 0) is 30.2 Å². The minimum absolute atomic E-state index is 0.184. The van der Waals surface area contributed by atoms with Gasteiger partial charge in [0.25, 0.3) is 5.91 Å². The summed E-state index contributed by atoms with van der Waals surface area (Å²) in [5.74, 6) is -1.79. The number of carbonyl (C=O) groups excluding carboxylic acids is 2. The molecule has 10 nitrogen and oxygen atoms in total. The molecule has 3 N–H and O–H groups in total. The molecule has 2 amide bonds. The number of aliphatic carboxylic acids is 1. The summed E-state index contributed by atoms with van der Waals surface area (Å²) in [4.78, 5) is 40.9. The molecule has 1 atom stereocenters. The number of hydrogen-bond acceptors (Lipinski definition) is 6. The van der Waals surface area contributed by atoms with E-state index in [0.29, 0.717) is 28.8 Å². The first-order valence-corrected chi connectivity index (χ1v) is 11.0. The molecule has 2 aliphatic heterocycles. The van der Waals surface area contributed by atoms with Gasteiger partial charge in [-0.15, -0.1) is 0 Å². The number of carboxylic acids is 1. The molecule has 0 bridgehead atoms. The number of pyridine rings is 1. The SMILES string of the molecule is O=C(O)CC(NC(=O)CN1CCc2ccc(N3CCNCC3)cc2C1=O)c1ccc[n+]([O-])c1. The summed E-state index contributed by atoms with van der Waals surface area (Å²) in [5.41, 5.74) is 2.94. The highest BCUT2D eigenvalue weighted by Gasteiger charge is 2.28. The van der Waals surface area contributed by atoms with Crippen LogP contribution in [-0.2, 0) is 16.0 Å². The highest BCUT2D eigenvalue weighted by Crippen LogP contribution is 2.25. The van der Waals surface area contributed by atoms with Crippen LogP contribution in [0.3, 0.4) is 0 Å². The molecule has 0 saturated carbocycles. The van der Waals surface area contributed by atoms with Gasteiger partial charge in [0.2, 0.25) is 5.91 Å². The second-order valence-electron chi connectivity index (χ2n) is 8.27. The van der Waals surface area contributed by atoms with Crippen molar-refractivity contribution >= 4 is 23.5 Å². The molecule has 4 rings (SSSR count). The number of nitrogens with zero attached hydrogens (tertiary/aromatic N) is 3. The highest BCUT2D eigenvalue weighted by atomic mass is 16.5. The van der Waals surface area contributed by atoms with Crippen molar-refractivity contribution < 1.29 is 24.2 Å². The summed E-state index contributed by atoms with van der Waals surface area (Å²) in [6, 6.07) is 8.13. The zero-order chi connectivity index (χ0) is 23.4. The third kappa shape index (κ3) is 5.40. The van der Waals surface area contributed by atoms with Crippen molar-refractivity contribution in [1.82, 2.24) is 15.5 Å². The van der Waals surface area contributed by atoms with Crippen molar-refractivity contribution in [3.63, 3.8) is 0 Å². The van der Waals surface area contributed by atoms with Crippen LogP contribution in [0.4, 0.5) is 5.69 Å². The van der Waals surface area contributed by atoms with Gasteiger partial charge in [-0.1, -0.05) is 6.07 Å². The van der Waals surface area contributed by atoms with E-state index in [0.717, 1.165) is 37.4 Å². The number of hydrogen-bond donors (Lipinski definition) is 3. The smallest absolute Gasteiger partial charge is 0.305 e. The predicted molar refractivity (Wildman–Crippen MR) is 120 cm³/mol. The Morgan fingerprint density at radius 3 is 2.73 bits per heavy atom. The molecule has 1 fully saturated rings. The van der Waals surface area contributed by atoms with Gasteiger partial charge >= 0.3 is 5.97 Å². The van der Waals surface area contributed by atoms with Crippen LogP contribution in [0.2, 0.25) is 0 Å². The monoisotopic (exact) mass is 453 g/mol. The van der Waals surface area contributed by atoms with E-state index >= 15 is 0 Å². The van der Waals surface area contributed by atoms with Crippen molar-refractivity contribution in [1.29, 1.82) is 0 Å². The van der Waals surface area contributed by atoms with Crippen LogP contribution in [0.1, 0.15) is 33.9 Å². The van der Waals surface area contributed by atoms with Crippen LogP contribution in [0.15, 0.2) is 42.7 Å². The van der Waals surface area contributed by atoms with Crippen LogP contribution in [0.5, 0.6) is 0 Å². The third-order valence-corrected chi connectivity index (χ3v) is 5.99. The number of anilines is 1. The number of aromatic nitrogens is 1. The minimum Gasteiger partial charge on any atom is -0.619 e. The summed E-state index contributed by atoms with van der Waals surface area (Å²) in [5, 5.41) is 26.8. The number of nitrogens with one attached hydrogen (secondary N) is 2. The van der Waals surface area contributed by atoms with Crippen molar-refractivity contribution in [3.05, 3.63) is 64.6 Å². The normalized spacial score (nSPS) is 16.8. The molecule has 10 heteroatoms. The van der Waals surface area contributed by atoms with E-state index in [-0.39, 0.29) is 18.9 Å². The Labute approximate surface area is 191 Å². The number of carbonyl (C=O) groups is 3. The molecule has 1 saturated heterocycles. The summed E-state index contributed by atoms with van der Waals surface area (Å²) in [6.07, 6.45) is 2.78. The molecule has 1 aromatic heterocycles. The number of benzene rings is 1. The second-order valence-corrected chi connectivity index (χ2v) is 8.27. The van der Waals surface area contributed by atoms with E-state index in [9.17, 15) is 24.7 Å². The van der Waals surface area contributed by atoms with Gasteiger partial charge in [0.1, 0.15) is 0 Å². The molecule has 33 heavy (non-hydrogen) atoms. The Morgan fingerprint density at radius 2 is 2.00 bits per heavy atom. The zero-order valence-corrected chi connectivity index (χ0v) is 18.2. The van der Waals surface area contributed by atoms with Crippen LogP contribution in [0, 0.1) is 5.21 Å². The molecule has 174 valence electrons. The lowest BCUT2D eigenvalue weighted by molar-refractivity contribution is -0.606. The Bertz CT molecular complexity index is 1050. The molecule has 1 unspecified atom stereocenters. The number of carboxylic acid groups (broad SMARTS) is 1. The highest BCUT2D eigenvalue weighted by molar-refractivity contribution is 5.99. The fourth-order valence-electron chi connectivity index (χ4n) is 4.30. The maximum Gasteiger partial charge on any atom is 0.305 e. The van der Waals surface area contributed by atoms with Gasteiger partial charge < -0.3 is 30.7 Å². The maximum absolute atomic E-state index is 13.1. The van der Waals surface area contributed by atoms with Gasteiger partial charge in [0.15, 0.2) is 12.4 Å². The van der Waals surface area contributed by atoms with Gasteiger partial charge in [0, 0.05) is 55.6 Å². The first kappa shape index (κ1) is 22.5. The fraction of sp³-hybridized carbons (Fsp3) is 0.391. The Morgan fingerprint density at radius 1 is 1.21 bits per heavy atom. The first-order chi connectivity index (χ1) is 15.9. The van der Waals surface area contributed by atoms with E-state index in [2.05, 4.69) is 15.5 Å². The van der Waals surface area contributed by atoms with E-state index < -0.39 is 17.9 Å². The molecule has 2 aliphatic rings. The van der Waals surface area contributed by atoms with Crippen molar-refractivity contribution in [2.45, 2.75) is 18.9 Å². The Balaban J connectivity index is 1.45. The van der Waals surface area contributed by atoms with E-state index in [1.165, 1.54) is 23.4 Å². The lowest BCUT2D eigenvalue weighted by Gasteiger charge is -2.32. The Hall–Kier alpha value is -3.66. The largest absolute Gasteiger partial charge is 0.619 e. The maximum atomic E-state index is 13.1. The lowest BCUT2D eigenvalue weighted by atomic mass is 9.97. The topological polar surface area (TPSA) is 129 Å². The van der Waals surface area contributed by atoms with E-state index in [1.807, 2.05) is 18.2 Å². The Kier molecular flexibility index (Phi) is 6.74. The molecular formula is C23H27N5O5. The van der Waals surface area contributed by atoms with Gasteiger partial charge in [-0.2, -0.15) is 4.73 Å². The summed E-state index contributed by atoms with van der Waals surface area (Å²) >= 11 is 0. The summed E-state index contributed by atoms with van der Waals surface area (Å²) < 4.78 is 0.553. The van der Waals surface area contributed by atoms with Crippen molar-refractivity contribution in [3.8, 4) is 0 Å². The second kappa shape index (κ2) is 9.86. The number of fused-ring (bicyclic) bond motifs is 1. The van der Waals surface area contributed by atoms with Crippen molar-refractivity contribution in [2.24, 2.45) is 0 Å². The van der Waals surface area contributed by atoms with Crippen LogP contribution in [0.25, 0.3) is 0 Å². The third-order valence-electron chi connectivity index (χ3n) is 5.99. The van der Waals surface area contributed by atoms with Gasteiger partial charge in [-0.3, -0.25) is 14.4 Å². The molecule has 1 aromatic carbocycles. The first-order valence-electron chi connectivity index (χ1n) is 11.0. The zero-order valence-electron chi connectivity index (χ0n) is 18.2. The molecule has 0 aliphatic carbocycles. The predicted octanol–water partition coefficient (Wildman–Crippen LogP) is 0.0601. The van der Waals surface area contributed by atoms with Crippen LogP contribution in [-0.4, -0.2) is 67.1 Å². The lowest BCUT2D eigenvalue weighted by Crippen LogP contribution is -2.46. The number of amides is 2. The molecule has 2 aromatic rings. The average Bonchev–Trinajstić information content (AvgIpc) is 2.80.